The van der Waals surface area contributed by atoms with E-state index in [0.717, 1.165) is 37.0 Å². The molecule has 8 heteroatoms. The van der Waals surface area contributed by atoms with Gasteiger partial charge in [-0.2, -0.15) is 0 Å². The van der Waals surface area contributed by atoms with Gasteiger partial charge in [-0.1, -0.05) is 24.3 Å². The lowest BCUT2D eigenvalue weighted by molar-refractivity contribution is -0.862. The molecule has 0 fully saturated rings. The fraction of sp³-hybridized carbons (Fsp3) is 0.333. The van der Waals surface area contributed by atoms with Gasteiger partial charge in [0, 0.05) is 0 Å². The minimum Gasteiger partial charge on any atom is -0.344 e. The molecule has 154 valence electrons. The van der Waals surface area contributed by atoms with Gasteiger partial charge in [-0.15, -0.1) is 0 Å². The summed E-state index contributed by atoms with van der Waals surface area (Å²) < 4.78 is 39.9. The monoisotopic (exact) mass is 406 g/mol. The van der Waals surface area contributed by atoms with Crippen LogP contribution in [0.25, 0.3) is 0 Å². The van der Waals surface area contributed by atoms with Crippen LogP contribution in [0.2, 0.25) is 0 Å². The lowest BCUT2D eigenvalue weighted by Gasteiger charge is -2.26. The number of carbonyl (C=O) groups excluding carboxylic acids is 2. The number of likely N-dealkylation sites (N-methyl/N-ethyl adjacent to an activating group) is 1. The normalized spacial score (nSPS) is 16.6. The number of aryl methyl sites for hydroxylation is 1. The zero-order valence-electron chi connectivity index (χ0n) is 16.0. The number of hydrogen-bond acceptors (Lipinski definition) is 2. The van der Waals surface area contributed by atoms with Crippen LogP contribution < -0.4 is 15.5 Å². The predicted molar refractivity (Wildman–Crippen MR) is 102 cm³/mol. The molecule has 3 N–H and O–H groups in total. The number of rotatable bonds is 6. The third-order valence-electron chi connectivity index (χ3n) is 4.94. The van der Waals surface area contributed by atoms with Crippen LogP contribution in [-0.2, 0) is 16.0 Å². The molecule has 0 radical (unpaired) electrons. The van der Waals surface area contributed by atoms with Crippen molar-refractivity contribution < 1.29 is 27.7 Å². The molecular formula is C21H23F3N3O2+. The van der Waals surface area contributed by atoms with Crippen molar-refractivity contribution in [3.63, 3.8) is 0 Å². The molecular weight excluding hydrogens is 383 g/mol. The van der Waals surface area contributed by atoms with E-state index < -0.39 is 29.0 Å². The predicted octanol–water partition coefficient (Wildman–Crippen LogP) is 1.75. The van der Waals surface area contributed by atoms with Crippen molar-refractivity contribution in [1.82, 2.24) is 5.32 Å². The summed E-state index contributed by atoms with van der Waals surface area (Å²) in [6.07, 6.45) is 2.85. The SMILES string of the molecule is C[NH+](CC(=O)Nc1ccc(F)c(F)c1F)CC(=O)N[C@@H]1CCCc2ccccc21. The second-order valence-electron chi connectivity index (χ2n) is 7.29. The molecule has 0 saturated heterocycles. The first-order valence-electron chi connectivity index (χ1n) is 9.47. The van der Waals surface area contributed by atoms with E-state index in [9.17, 15) is 22.8 Å². The first-order chi connectivity index (χ1) is 13.8. The largest absolute Gasteiger partial charge is 0.344 e. The molecule has 0 aliphatic heterocycles. The molecule has 3 rings (SSSR count). The highest BCUT2D eigenvalue weighted by Crippen LogP contribution is 2.29. The van der Waals surface area contributed by atoms with Crippen LogP contribution in [0, 0.1) is 17.5 Å². The molecule has 2 aromatic carbocycles. The molecule has 2 atom stereocenters. The van der Waals surface area contributed by atoms with Crippen molar-refractivity contribution in [3.05, 3.63) is 65.0 Å². The Hall–Kier alpha value is -2.87. The van der Waals surface area contributed by atoms with Gasteiger partial charge in [-0.05, 0) is 42.5 Å². The van der Waals surface area contributed by atoms with Crippen molar-refractivity contribution in [2.45, 2.75) is 25.3 Å². The standard InChI is InChI=1S/C21H22F3N3O2/c1-27(12-19(29)26-17-10-9-15(22)20(23)21(17)24)11-18(28)25-16-8-4-6-13-5-2-3-7-14(13)16/h2-3,5,7,9-10,16H,4,6,8,11-12H2,1H3,(H,25,28)(H,26,29)/p+1/t16-/m1/s1. The summed E-state index contributed by atoms with van der Waals surface area (Å²) in [4.78, 5) is 25.0. The van der Waals surface area contributed by atoms with Crippen LogP contribution in [0.3, 0.4) is 0 Å². The molecule has 0 saturated carbocycles. The molecule has 1 unspecified atom stereocenters. The highest BCUT2D eigenvalue weighted by molar-refractivity contribution is 5.91. The topological polar surface area (TPSA) is 62.6 Å². The van der Waals surface area contributed by atoms with Gasteiger partial charge in [0.1, 0.15) is 0 Å². The van der Waals surface area contributed by atoms with Gasteiger partial charge in [-0.3, -0.25) is 9.59 Å². The van der Waals surface area contributed by atoms with Crippen molar-refractivity contribution in [1.29, 1.82) is 0 Å². The fourth-order valence-electron chi connectivity index (χ4n) is 3.58. The zero-order valence-corrected chi connectivity index (χ0v) is 16.0. The summed E-state index contributed by atoms with van der Waals surface area (Å²) >= 11 is 0. The Kier molecular flexibility index (Phi) is 6.53. The highest BCUT2D eigenvalue weighted by atomic mass is 19.2. The van der Waals surface area contributed by atoms with Gasteiger partial charge < -0.3 is 15.5 Å². The Morgan fingerprint density at radius 1 is 1.03 bits per heavy atom. The Morgan fingerprint density at radius 3 is 2.55 bits per heavy atom. The Bertz CT molecular complexity index is 920. The summed E-state index contributed by atoms with van der Waals surface area (Å²) in [6, 6.07) is 9.64. The van der Waals surface area contributed by atoms with Gasteiger partial charge in [0.15, 0.2) is 30.5 Å². The van der Waals surface area contributed by atoms with Crippen LogP contribution in [0.15, 0.2) is 36.4 Å². The Labute approximate surface area is 166 Å². The summed E-state index contributed by atoms with van der Waals surface area (Å²) in [6.45, 7) is -0.0839. The summed E-state index contributed by atoms with van der Waals surface area (Å²) in [5.41, 5.74) is 1.92. The average molecular weight is 406 g/mol. The van der Waals surface area contributed by atoms with Crippen molar-refractivity contribution in [2.24, 2.45) is 0 Å². The quantitative estimate of drug-likeness (QED) is 0.640. The molecule has 0 aromatic heterocycles. The van der Waals surface area contributed by atoms with E-state index >= 15 is 0 Å². The third kappa shape index (κ3) is 5.14. The van der Waals surface area contributed by atoms with E-state index in [1.54, 1.807) is 7.05 Å². The second-order valence-corrected chi connectivity index (χ2v) is 7.29. The van der Waals surface area contributed by atoms with Crippen molar-refractivity contribution in [2.75, 3.05) is 25.5 Å². The van der Waals surface area contributed by atoms with Gasteiger partial charge >= 0.3 is 0 Å². The van der Waals surface area contributed by atoms with Gasteiger partial charge in [-0.25, -0.2) is 13.2 Å². The van der Waals surface area contributed by atoms with Gasteiger partial charge in [0.05, 0.1) is 18.8 Å². The molecule has 2 aromatic rings. The second kappa shape index (κ2) is 9.09. The number of carbonyl (C=O) groups is 2. The minimum atomic E-state index is -1.64. The van der Waals surface area contributed by atoms with Crippen LogP contribution in [0.1, 0.15) is 30.0 Å². The first kappa shape index (κ1) is 20.9. The van der Waals surface area contributed by atoms with E-state index in [-0.39, 0.29) is 25.0 Å². The Balaban J connectivity index is 1.52. The van der Waals surface area contributed by atoms with Crippen LogP contribution in [0.4, 0.5) is 18.9 Å². The fourth-order valence-corrected chi connectivity index (χ4v) is 3.58. The van der Waals surface area contributed by atoms with Crippen molar-refractivity contribution >= 4 is 17.5 Å². The van der Waals surface area contributed by atoms with Crippen molar-refractivity contribution in [3.8, 4) is 0 Å². The number of amides is 2. The smallest absolute Gasteiger partial charge is 0.279 e. The average Bonchev–Trinajstić information content (AvgIpc) is 2.68. The highest BCUT2D eigenvalue weighted by Gasteiger charge is 2.23. The molecule has 29 heavy (non-hydrogen) atoms. The maximum atomic E-state index is 13.7. The zero-order chi connectivity index (χ0) is 21.0. The molecule has 0 bridgehead atoms. The first-order valence-corrected chi connectivity index (χ1v) is 9.47. The number of anilines is 1. The number of benzene rings is 2. The number of fused-ring (bicyclic) bond motifs is 1. The van der Waals surface area contributed by atoms with E-state index in [0.29, 0.717) is 4.90 Å². The number of hydrogen-bond donors (Lipinski definition) is 3. The Morgan fingerprint density at radius 2 is 1.76 bits per heavy atom. The van der Waals surface area contributed by atoms with Gasteiger partial charge in [0.2, 0.25) is 0 Å². The maximum Gasteiger partial charge on any atom is 0.279 e. The molecule has 5 nitrogen and oxygen atoms in total. The van der Waals surface area contributed by atoms with E-state index in [4.69, 9.17) is 0 Å². The maximum absolute atomic E-state index is 13.7. The van der Waals surface area contributed by atoms with E-state index in [1.165, 1.54) is 5.56 Å². The van der Waals surface area contributed by atoms with E-state index in [1.807, 2.05) is 18.2 Å². The molecule has 2 amide bonds. The number of quaternary nitrogens is 1. The summed E-state index contributed by atoms with van der Waals surface area (Å²) in [5, 5.41) is 5.21. The minimum absolute atomic E-state index is 0.0480. The molecule has 0 spiro atoms. The number of nitrogens with one attached hydrogen (secondary N) is 3. The molecule has 1 aliphatic rings. The van der Waals surface area contributed by atoms with Crippen LogP contribution >= 0.6 is 0 Å². The van der Waals surface area contributed by atoms with Gasteiger partial charge in [0.25, 0.3) is 11.8 Å². The van der Waals surface area contributed by atoms with Crippen LogP contribution in [0.5, 0.6) is 0 Å². The van der Waals surface area contributed by atoms with E-state index in [2.05, 4.69) is 16.7 Å². The lowest BCUT2D eigenvalue weighted by Crippen LogP contribution is -3.11. The summed E-state index contributed by atoms with van der Waals surface area (Å²) in [7, 11) is 1.65. The number of halogens is 3. The molecule has 1 aliphatic carbocycles. The lowest BCUT2D eigenvalue weighted by atomic mass is 9.88. The summed E-state index contributed by atoms with van der Waals surface area (Å²) in [5.74, 6) is -5.23. The van der Waals surface area contributed by atoms with Crippen LogP contribution in [-0.4, -0.2) is 32.0 Å². The third-order valence-corrected chi connectivity index (χ3v) is 4.94. The molecule has 0 heterocycles.